The number of carbonyl (C=O) groups excluding carboxylic acids is 2. The highest BCUT2D eigenvalue weighted by atomic mass is 16.5. The normalized spacial score (nSPS) is 26.4. The van der Waals surface area contributed by atoms with E-state index in [9.17, 15) is 9.59 Å². The molecule has 2 aliphatic rings. The van der Waals surface area contributed by atoms with Gasteiger partial charge in [0.2, 0.25) is 5.91 Å². The highest BCUT2D eigenvalue weighted by molar-refractivity contribution is 5.97. The molecule has 5 nitrogen and oxygen atoms in total. The topological polar surface area (TPSA) is 67.4 Å². The second kappa shape index (κ2) is 6.71. The van der Waals surface area contributed by atoms with Gasteiger partial charge in [0.25, 0.3) is 0 Å². The van der Waals surface area contributed by atoms with E-state index in [0.717, 1.165) is 38.0 Å². The van der Waals surface area contributed by atoms with Crippen molar-refractivity contribution >= 4 is 17.6 Å². The van der Waals surface area contributed by atoms with Gasteiger partial charge < -0.3 is 15.4 Å². The zero-order chi connectivity index (χ0) is 16.3. The van der Waals surface area contributed by atoms with Gasteiger partial charge in [-0.2, -0.15) is 0 Å². The van der Waals surface area contributed by atoms with Crippen LogP contribution in [0.5, 0.6) is 0 Å². The lowest BCUT2D eigenvalue weighted by molar-refractivity contribution is -0.128. The second-order valence-corrected chi connectivity index (χ2v) is 6.48. The van der Waals surface area contributed by atoms with Gasteiger partial charge in [0.1, 0.15) is 0 Å². The summed E-state index contributed by atoms with van der Waals surface area (Å²) in [5.41, 5.74) is 0.965. The number of nitrogens with one attached hydrogen (secondary N) is 2. The Morgan fingerprint density at radius 2 is 2.09 bits per heavy atom. The predicted molar refractivity (Wildman–Crippen MR) is 88.3 cm³/mol. The molecule has 2 fully saturated rings. The monoisotopic (exact) mass is 316 g/mol. The summed E-state index contributed by atoms with van der Waals surface area (Å²) in [4.78, 5) is 24.5. The number of rotatable bonds is 4. The summed E-state index contributed by atoms with van der Waals surface area (Å²) < 4.78 is 4.97. The highest BCUT2D eigenvalue weighted by Crippen LogP contribution is 2.44. The molecule has 3 rings (SSSR count). The molecule has 1 aliphatic carbocycles. The molecule has 1 heterocycles. The summed E-state index contributed by atoms with van der Waals surface area (Å²) >= 11 is 0. The molecule has 0 radical (unpaired) electrons. The number of fused-ring (bicyclic) bond motifs is 1. The fourth-order valence-electron chi connectivity index (χ4n) is 3.85. The molecule has 0 spiro atoms. The van der Waals surface area contributed by atoms with Crippen molar-refractivity contribution in [2.75, 3.05) is 25.0 Å². The average Bonchev–Trinajstić information content (AvgIpc) is 3.01. The molecule has 124 valence electrons. The number of hydrogen-bond acceptors (Lipinski definition) is 4. The molecule has 1 aromatic carbocycles. The first-order chi connectivity index (χ1) is 11.2. The zero-order valence-corrected chi connectivity index (χ0v) is 13.6. The van der Waals surface area contributed by atoms with Gasteiger partial charge in [-0.3, -0.25) is 4.79 Å². The first-order valence-corrected chi connectivity index (χ1v) is 8.45. The van der Waals surface area contributed by atoms with Gasteiger partial charge in [0, 0.05) is 12.2 Å². The molecular formula is C18H24N2O3. The summed E-state index contributed by atoms with van der Waals surface area (Å²) in [6.07, 6.45) is 4.42. The predicted octanol–water partition coefficient (Wildman–Crippen LogP) is 2.58. The van der Waals surface area contributed by atoms with Crippen LogP contribution in [0.2, 0.25) is 0 Å². The SMILES string of the molecule is CCOC(=O)c1ccc(NC(=O)[C@@]23CCCC[C@H]2CNC3)cc1. The van der Waals surface area contributed by atoms with Crippen molar-refractivity contribution in [3.8, 4) is 0 Å². The molecule has 1 saturated heterocycles. The van der Waals surface area contributed by atoms with Gasteiger partial charge in [-0.1, -0.05) is 12.8 Å². The third-order valence-corrected chi connectivity index (χ3v) is 5.14. The number of ether oxygens (including phenoxy) is 1. The first kappa shape index (κ1) is 16.0. The van der Waals surface area contributed by atoms with Crippen molar-refractivity contribution < 1.29 is 14.3 Å². The Hall–Kier alpha value is -1.88. The van der Waals surface area contributed by atoms with Gasteiger partial charge in [-0.15, -0.1) is 0 Å². The number of amides is 1. The maximum Gasteiger partial charge on any atom is 0.338 e. The van der Waals surface area contributed by atoms with Crippen molar-refractivity contribution in [2.24, 2.45) is 11.3 Å². The van der Waals surface area contributed by atoms with Crippen LogP contribution in [0.3, 0.4) is 0 Å². The van der Waals surface area contributed by atoms with Crippen LogP contribution in [0.15, 0.2) is 24.3 Å². The summed E-state index contributed by atoms with van der Waals surface area (Å²) in [6, 6.07) is 6.91. The minimum absolute atomic E-state index is 0.107. The van der Waals surface area contributed by atoms with E-state index in [0.29, 0.717) is 18.1 Å². The average molecular weight is 316 g/mol. The lowest BCUT2D eigenvalue weighted by atomic mass is 9.67. The standard InChI is InChI=1S/C18H24N2O3/c1-2-23-16(21)13-6-8-15(9-7-13)20-17(22)18-10-4-3-5-14(18)11-19-12-18/h6-9,14,19H,2-5,10-12H2,1H3,(H,20,22)/t14-,18+/m0/s1. The van der Waals surface area contributed by atoms with Crippen molar-refractivity contribution in [3.05, 3.63) is 29.8 Å². The van der Waals surface area contributed by atoms with E-state index in [-0.39, 0.29) is 17.3 Å². The van der Waals surface area contributed by atoms with Crippen molar-refractivity contribution in [1.82, 2.24) is 5.32 Å². The molecule has 0 aromatic heterocycles. The molecule has 2 N–H and O–H groups in total. The third kappa shape index (κ3) is 3.11. The fourth-order valence-corrected chi connectivity index (χ4v) is 3.85. The van der Waals surface area contributed by atoms with Crippen LogP contribution >= 0.6 is 0 Å². The second-order valence-electron chi connectivity index (χ2n) is 6.48. The summed E-state index contributed by atoms with van der Waals surface area (Å²) in [6.45, 7) is 3.84. The molecule has 0 unspecified atom stereocenters. The maximum atomic E-state index is 12.8. The summed E-state index contributed by atoms with van der Waals surface area (Å²) in [5, 5.41) is 6.43. The van der Waals surface area contributed by atoms with Crippen molar-refractivity contribution in [3.63, 3.8) is 0 Å². The van der Waals surface area contributed by atoms with Crippen LogP contribution in [0.25, 0.3) is 0 Å². The maximum absolute atomic E-state index is 12.8. The molecule has 1 saturated carbocycles. The van der Waals surface area contributed by atoms with E-state index in [1.54, 1.807) is 31.2 Å². The molecule has 0 bridgehead atoms. The number of anilines is 1. The van der Waals surface area contributed by atoms with E-state index < -0.39 is 0 Å². The van der Waals surface area contributed by atoms with Crippen molar-refractivity contribution in [2.45, 2.75) is 32.6 Å². The van der Waals surface area contributed by atoms with Gasteiger partial charge in [-0.05, 0) is 56.5 Å². The lowest BCUT2D eigenvalue weighted by Crippen LogP contribution is -2.44. The Bertz CT molecular complexity index is 584. The molecule has 1 amide bonds. The van der Waals surface area contributed by atoms with E-state index in [2.05, 4.69) is 10.6 Å². The van der Waals surface area contributed by atoms with Crippen LogP contribution < -0.4 is 10.6 Å². The Morgan fingerprint density at radius 1 is 1.30 bits per heavy atom. The molecule has 1 aliphatic heterocycles. The van der Waals surface area contributed by atoms with Gasteiger partial charge in [0.15, 0.2) is 0 Å². The van der Waals surface area contributed by atoms with Gasteiger partial charge in [-0.25, -0.2) is 4.79 Å². The largest absolute Gasteiger partial charge is 0.462 e. The van der Waals surface area contributed by atoms with Crippen LogP contribution in [-0.4, -0.2) is 31.6 Å². The Kier molecular flexibility index (Phi) is 4.66. The smallest absolute Gasteiger partial charge is 0.338 e. The van der Waals surface area contributed by atoms with E-state index in [1.807, 2.05) is 0 Å². The third-order valence-electron chi connectivity index (χ3n) is 5.14. The Labute approximate surface area is 136 Å². The molecule has 1 aromatic rings. The van der Waals surface area contributed by atoms with Gasteiger partial charge >= 0.3 is 5.97 Å². The number of carbonyl (C=O) groups is 2. The zero-order valence-electron chi connectivity index (χ0n) is 13.6. The Balaban J connectivity index is 1.69. The number of hydrogen-bond donors (Lipinski definition) is 2. The molecular weight excluding hydrogens is 292 g/mol. The van der Waals surface area contributed by atoms with E-state index in [4.69, 9.17) is 4.74 Å². The fraction of sp³-hybridized carbons (Fsp3) is 0.556. The first-order valence-electron chi connectivity index (χ1n) is 8.45. The van der Waals surface area contributed by atoms with E-state index >= 15 is 0 Å². The van der Waals surface area contributed by atoms with Crippen molar-refractivity contribution in [1.29, 1.82) is 0 Å². The molecule has 23 heavy (non-hydrogen) atoms. The van der Waals surface area contributed by atoms with E-state index in [1.165, 1.54) is 6.42 Å². The van der Waals surface area contributed by atoms with Gasteiger partial charge in [0.05, 0.1) is 17.6 Å². The minimum Gasteiger partial charge on any atom is -0.462 e. The summed E-state index contributed by atoms with van der Waals surface area (Å²) in [5.74, 6) is 0.211. The Morgan fingerprint density at radius 3 is 2.83 bits per heavy atom. The van der Waals surface area contributed by atoms with Crippen LogP contribution in [0.1, 0.15) is 43.0 Å². The quantitative estimate of drug-likeness (QED) is 0.838. The lowest BCUT2D eigenvalue weighted by Gasteiger charge is -2.37. The van der Waals surface area contributed by atoms with Crippen LogP contribution in [0.4, 0.5) is 5.69 Å². The molecule has 5 heteroatoms. The molecule has 2 atom stereocenters. The number of esters is 1. The summed E-state index contributed by atoms with van der Waals surface area (Å²) in [7, 11) is 0. The van der Waals surface area contributed by atoms with Crippen LogP contribution in [-0.2, 0) is 9.53 Å². The minimum atomic E-state index is -0.337. The number of benzene rings is 1. The van der Waals surface area contributed by atoms with Crippen LogP contribution in [0, 0.1) is 11.3 Å². The highest BCUT2D eigenvalue weighted by Gasteiger charge is 2.49.